The lowest BCUT2D eigenvalue weighted by atomic mass is 9.77. The first-order chi connectivity index (χ1) is 12.6. The zero-order valence-electron chi connectivity index (χ0n) is 14.5. The van der Waals surface area contributed by atoms with Crippen molar-refractivity contribution in [1.82, 2.24) is 10.3 Å². The number of hydrogen-bond donors (Lipinski definition) is 2. The van der Waals surface area contributed by atoms with Crippen molar-refractivity contribution in [1.29, 1.82) is 0 Å². The number of carbonyl (C=O) groups excluding carboxylic acids is 2. The van der Waals surface area contributed by atoms with Crippen molar-refractivity contribution in [3.8, 4) is 0 Å². The van der Waals surface area contributed by atoms with Gasteiger partial charge in [0.25, 0.3) is 5.91 Å². The van der Waals surface area contributed by atoms with E-state index < -0.39 is 17.4 Å². The number of hydrazone groups is 1. The molecule has 0 spiro atoms. The van der Waals surface area contributed by atoms with Gasteiger partial charge in [-0.3, -0.25) is 14.5 Å². The Hall–Kier alpha value is -2.38. The number of carbonyl (C=O) groups is 2. The fourth-order valence-electron chi connectivity index (χ4n) is 3.07. The molecule has 2 aliphatic rings. The second-order valence-corrected chi connectivity index (χ2v) is 6.99. The van der Waals surface area contributed by atoms with Gasteiger partial charge in [0.15, 0.2) is 10.8 Å². The maximum atomic E-state index is 13.0. The number of amidine groups is 1. The van der Waals surface area contributed by atoms with Crippen molar-refractivity contribution in [2.75, 3.05) is 12.3 Å². The van der Waals surface area contributed by atoms with E-state index in [1.54, 1.807) is 24.3 Å². The molecular formula is C19H21N3O3S. The molecule has 0 saturated carbocycles. The molecule has 3 rings (SSSR count). The third-order valence-electron chi connectivity index (χ3n) is 4.50. The van der Waals surface area contributed by atoms with Crippen molar-refractivity contribution in [3.63, 3.8) is 0 Å². The highest BCUT2D eigenvalue weighted by Gasteiger charge is 2.44. The molecule has 0 radical (unpaired) electrons. The van der Waals surface area contributed by atoms with Crippen LogP contribution in [0.5, 0.6) is 0 Å². The Labute approximate surface area is 156 Å². The van der Waals surface area contributed by atoms with Crippen LogP contribution in [0.1, 0.15) is 18.9 Å². The monoisotopic (exact) mass is 371 g/mol. The zero-order chi connectivity index (χ0) is 18.6. The van der Waals surface area contributed by atoms with Crippen molar-refractivity contribution in [3.05, 3.63) is 60.2 Å². The number of allylic oxidation sites excluding steroid dienone is 3. The summed E-state index contributed by atoms with van der Waals surface area (Å²) >= 11 is 1.27. The Bertz CT molecular complexity index is 775. The normalized spacial score (nSPS) is 23.3. The molecular weight excluding hydrogens is 350 g/mol. The Morgan fingerprint density at radius 1 is 1.38 bits per heavy atom. The average molecular weight is 371 g/mol. The Balaban J connectivity index is 1.87. The molecule has 1 aliphatic heterocycles. The number of hydrogen-bond acceptors (Lipinski definition) is 5. The van der Waals surface area contributed by atoms with Crippen LogP contribution >= 0.6 is 11.8 Å². The van der Waals surface area contributed by atoms with Gasteiger partial charge in [0.1, 0.15) is 0 Å². The summed E-state index contributed by atoms with van der Waals surface area (Å²) in [6.07, 6.45) is 8.00. The average Bonchev–Trinajstić information content (AvgIpc) is 3.06. The van der Waals surface area contributed by atoms with Gasteiger partial charge in [0, 0.05) is 12.5 Å². The molecule has 1 aromatic carbocycles. The summed E-state index contributed by atoms with van der Waals surface area (Å²) in [6.45, 7) is 2.33. The minimum Gasteiger partial charge on any atom is -0.375 e. The van der Waals surface area contributed by atoms with Gasteiger partial charge in [-0.1, -0.05) is 66.4 Å². The topological polar surface area (TPSA) is 82.0 Å². The van der Waals surface area contributed by atoms with Gasteiger partial charge in [-0.25, -0.2) is 5.43 Å². The summed E-state index contributed by atoms with van der Waals surface area (Å²) < 4.78 is 0. The van der Waals surface area contributed by atoms with Crippen LogP contribution < -0.4 is 5.43 Å². The Morgan fingerprint density at radius 2 is 2.15 bits per heavy atom. The molecule has 0 bridgehead atoms. The maximum absolute atomic E-state index is 13.0. The van der Waals surface area contributed by atoms with Crippen molar-refractivity contribution in [2.45, 2.75) is 18.9 Å². The lowest BCUT2D eigenvalue weighted by Gasteiger charge is -2.33. The lowest BCUT2D eigenvalue weighted by Crippen LogP contribution is -2.48. The number of amides is 2. The summed E-state index contributed by atoms with van der Waals surface area (Å²) in [4.78, 5) is 26.2. The van der Waals surface area contributed by atoms with Crippen LogP contribution in [0.25, 0.3) is 0 Å². The van der Waals surface area contributed by atoms with E-state index in [-0.39, 0.29) is 5.91 Å². The van der Waals surface area contributed by atoms with Crippen molar-refractivity contribution >= 4 is 28.7 Å². The SMILES string of the molecule is CCN1C(=O)CS/C1=N/NC(=O)[C@@](O)(c1ccccc1)[C@H]1C=CC=CC1. The fraction of sp³-hybridized carbons (Fsp3) is 0.316. The molecule has 0 aromatic heterocycles. The summed E-state index contributed by atoms with van der Waals surface area (Å²) in [7, 11) is 0. The fourth-order valence-corrected chi connectivity index (χ4v) is 3.98. The molecule has 7 heteroatoms. The largest absolute Gasteiger partial charge is 0.375 e. The summed E-state index contributed by atoms with van der Waals surface area (Å²) in [5.41, 5.74) is 1.22. The highest BCUT2D eigenvalue weighted by molar-refractivity contribution is 8.15. The molecule has 2 N–H and O–H groups in total. The third-order valence-corrected chi connectivity index (χ3v) is 5.46. The van der Waals surface area contributed by atoms with Crippen LogP contribution in [-0.2, 0) is 15.2 Å². The molecule has 1 fully saturated rings. The second-order valence-electron chi connectivity index (χ2n) is 6.05. The van der Waals surface area contributed by atoms with Gasteiger partial charge >= 0.3 is 0 Å². The van der Waals surface area contributed by atoms with Crippen molar-refractivity contribution in [2.24, 2.45) is 11.0 Å². The molecule has 2 atom stereocenters. The summed E-state index contributed by atoms with van der Waals surface area (Å²) in [5, 5.41) is 15.9. The molecule has 1 saturated heterocycles. The number of nitrogens with one attached hydrogen (secondary N) is 1. The predicted octanol–water partition coefficient (Wildman–Crippen LogP) is 1.99. The predicted molar refractivity (Wildman–Crippen MR) is 102 cm³/mol. The third kappa shape index (κ3) is 3.45. The maximum Gasteiger partial charge on any atom is 0.277 e. The first kappa shape index (κ1) is 18.4. The molecule has 26 heavy (non-hydrogen) atoms. The van der Waals surface area contributed by atoms with Gasteiger partial charge < -0.3 is 5.11 Å². The molecule has 136 valence electrons. The van der Waals surface area contributed by atoms with E-state index in [4.69, 9.17) is 0 Å². The number of nitrogens with zero attached hydrogens (tertiary/aromatic N) is 2. The van der Waals surface area contributed by atoms with E-state index in [0.29, 0.717) is 29.4 Å². The molecule has 0 unspecified atom stereocenters. The quantitative estimate of drug-likeness (QED) is 0.776. The van der Waals surface area contributed by atoms with Crippen LogP contribution in [0.3, 0.4) is 0 Å². The molecule has 6 nitrogen and oxygen atoms in total. The van der Waals surface area contributed by atoms with Crippen LogP contribution in [0, 0.1) is 5.92 Å². The van der Waals surface area contributed by atoms with Gasteiger partial charge in [0.05, 0.1) is 5.75 Å². The first-order valence-corrected chi connectivity index (χ1v) is 9.48. The van der Waals surface area contributed by atoms with E-state index in [1.807, 2.05) is 37.3 Å². The van der Waals surface area contributed by atoms with Gasteiger partial charge in [-0.15, -0.1) is 5.10 Å². The number of benzene rings is 1. The lowest BCUT2D eigenvalue weighted by molar-refractivity contribution is -0.145. The van der Waals surface area contributed by atoms with Crippen LogP contribution in [0.4, 0.5) is 0 Å². The molecule has 1 aliphatic carbocycles. The van der Waals surface area contributed by atoms with E-state index in [1.165, 1.54) is 16.7 Å². The number of thioether (sulfide) groups is 1. The Kier molecular flexibility index (Phi) is 5.58. The minimum absolute atomic E-state index is 0.0378. The van der Waals surface area contributed by atoms with E-state index in [2.05, 4.69) is 10.5 Å². The standard InChI is InChI=1S/C19H21N3O3S/c1-2-22-16(23)13-26-18(22)21-20-17(24)19(25,14-9-5-3-6-10-14)15-11-7-4-8-12-15/h3-11,15,25H,2,12-13H2,1H3,(H,20,24)/b21-18+/t15-,19+/m0/s1. The number of aliphatic hydroxyl groups is 1. The van der Waals surface area contributed by atoms with Crippen LogP contribution in [0.2, 0.25) is 0 Å². The van der Waals surface area contributed by atoms with E-state index in [9.17, 15) is 14.7 Å². The molecule has 2 amide bonds. The van der Waals surface area contributed by atoms with Crippen molar-refractivity contribution < 1.29 is 14.7 Å². The second kappa shape index (κ2) is 7.88. The van der Waals surface area contributed by atoms with Gasteiger partial charge in [-0.2, -0.15) is 0 Å². The van der Waals surface area contributed by atoms with Crippen LogP contribution in [0.15, 0.2) is 59.7 Å². The number of rotatable bonds is 5. The van der Waals surface area contributed by atoms with Crippen LogP contribution in [-0.4, -0.2) is 39.3 Å². The smallest absolute Gasteiger partial charge is 0.277 e. The van der Waals surface area contributed by atoms with Gasteiger partial charge in [0.2, 0.25) is 5.91 Å². The van der Waals surface area contributed by atoms with Gasteiger partial charge in [-0.05, 0) is 18.9 Å². The summed E-state index contributed by atoms with van der Waals surface area (Å²) in [5.74, 6) is -0.752. The first-order valence-electron chi connectivity index (χ1n) is 8.50. The summed E-state index contributed by atoms with van der Waals surface area (Å²) in [6, 6.07) is 8.85. The Morgan fingerprint density at radius 3 is 2.81 bits per heavy atom. The highest BCUT2D eigenvalue weighted by atomic mass is 32.2. The molecule has 1 aromatic rings. The highest BCUT2D eigenvalue weighted by Crippen LogP contribution is 2.35. The minimum atomic E-state index is -1.75. The zero-order valence-corrected chi connectivity index (χ0v) is 15.3. The molecule has 1 heterocycles. The van der Waals surface area contributed by atoms with E-state index >= 15 is 0 Å². The van der Waals surface area contributed by atoms with E-state index in [0.717, 1.165) is 0 Å².